The number of ether oxygens (including phenoxy) is 1. The van der Waals surface area contributed by atoms with Crippen LogP contribution in [0.3, 0.4) is 0 Å². The average molecular weight is 311 g/mol. The summed E-state index contributed by atoms with van der Waals surface area (Å²) in [6.07, 6.45) is 2.92. The van der Waals surface area contributed by atoms with Crippen molar-refractivity contribution in [1.82, 2.24) is 0 Å². The van der Waals surface area contributed by atoms with Crippen molar-refractivity contribution in [3.8, 4) is 5.75 Å². The summed E-state index contributed by atoms with van der Waals surface area (Å²) >= 11 is 0. The minimum absolute atomic E-state index is 0.0115. The van der Waals surface area contributed by atoms with E-state index in [4.69, 9.17) is 4.74 Å². The average Bonchev–Trinajstić information content (AvgIpc) is 2.52. The van der Waals surface area contributed by atoms with Gasteiger partial charge >= 0.3 is 5.97 Å². The standard InChI is InChI=1S/C17H13NO5/c1-12(19)23-16-4-2-3-14(11-16)17(20)10-7-13-5-8-15(9-6-13)18(21)22/h2-11H,1H3/b10-7+. The fourth-order valence-electron chi connectivity index (χ4n) is 1.85. The summed E-state index contributed by atoms with van der Waals surface area (Å²) in [7, 11) is 0. The molecular weight excluding hydrogens is 298 g/mol. The Hall–Kier alpha value is -3.28. The van der Waals surface area contributed by atoms with E-state index in [1.807, 2.05) is 0 Å². The molecule has 0 heterocycles. The van der Waals surface area contributed by atoms with Crippen molar-refractivity contribution in [1.29, 1.82) is 0 Å². The molecule has 0 aliphatic heterocycles. The smallest absolute Gasteiger partial charge is 0.308 e. The van der Waals surface area contributed by atoms with Crippen molar-refractivity contribution in [3.63, 3.8) is 0 Å². The van der Waals surface area contributed by atoms with Crippen molar-refractivity contribution >= 4 is 23.5 Å². The molecule has 6 heteroatoms. The summed E-state index contributed by atoms with van der Waals surface area (Å²) in [6.45, 7) is 1.28. The van der Waals surface area contributed by atoms with E-state index in [0.717, 1.165) is 0 Å². The lowest BCUT2D eigenvalue weighted by Crippen LogP contribution is -2.02. The van der Waals surface area contributed by atoms with Crippen LogP contribution < -0.4 is 4.74 Å². The molecule has 2 aromatic carbocycles. The van der Waals surface area contributed by atoms with E-state index in [2.05, 4.69) is 0 Å². The Morgan fingerprint density at radius 2 is 1.83 bits per heavy atom. The summed E-state index contributed by atoms with van der Waals surface area (Å²) in [4.78, 5) is 33.1. The number of nitro groups is 1. The van der Waals surface area contributed by atoms with Crippen LogP contribution in [0.15, 0.2) is 54.6 Å². The molecule has 6 nitrogen and oxygen atoms in total. The number of hydrogen-bond donors (Lipinski definition) is 0. The van der Waals surface area contributed by atoms with Crippen LogP contribution in [0.25, 0.3) is 6.08 Å². The van der Waals surface area contributed by atoms with E-state index in [0.29, 0.717) is 16.9 Å². The maximum atomic E-state index is 12.1. The second kappa shape index (κ2) is 7.13. The number of non-ortho nitro benzene ring substituents is 1. The molecule has 116 valence electrons. The second-order valence-electron chi connectivity index (χ2n) is 4.67. The molecule has 0 saturated carbocycles. The lowest BCUT2D eigenvalue weighted by Gasteiger charge is -2.02. The van der Waals surface area contributed by atoms with E-state index in [1.165, 1.54) is 31.2 Å². The largest absolute Gasteiger partial charge is 0.427 e. The molecule has 0 amide bonds. The number of nitro benzene ring substituents is 1. The number of carbonyl (C=O) groups is 2. The highest BCUT2D eigenvalue weighted by atomic mass is 16.6. The number of benzene rings is 2. The van der Waals surface area contributed by atoms with Crippen LogP contribution in [0.5, 0.6) is 5.75 Å². The van der Waals surface area contributed by atoms with Gasteiger partial charge in [0.2, 0.25) is 0 Å². The maximum Gasteiger partial charge on any atom is 0.308 e. The number of ketones is 1. The fourth-order valence-corrected chi connectivity index (χ4v) is 1.85. The third kappa shape index (κ3) is 4.60. The fraction of sp³-hybridized carbons (Fsp3) is 0.0588. The van der Waals surface area contributed by atoms with Crippen LogP contribution >= 0.6 is 0 Å². The highest BCUT2D eigenvalue weighted by molar-refractivity contribution is 6.07. The molecule has 0 aliphatic carbocycles. The predicted octanol–water partition coefficient (Wildman–Crippen LogP) is 3.42. The zero-order chi connectivity index (χ0) is 16.8. The van der Waals surface area contributed by atoms with Gasteiger partial charge in [-0.15, -0.1) is 0 Å². The first kappa shape index (κ1) is 16.1. The number of esters is 1. The summed E-state index contributed by atoms with van der Waals surface area (Å²) in [5.41, 5.74) is 1.03. The molecule has 0 atom stereocenters. The molecule has 23 heavy (non-hydrogen) atoms. The first-order valence-corrected chi connectivity index (χ1v) is 6.71. The van der Waals surface area contributed by atoms with Gasteiger partial charge in [0.25, 0.3) is 5.69 Å². The second-order valence-corrected chi connectivity index (χ2v) is 4.67. The Balaban J connectivity index is 2.11. The monoisotopic (exact) mass is 311 g/mol. The number of carbonyl (C=O) groups excluding carboxylic acids is 2. The van der Waals surface area contributed by atoms with E-state index in [-0.39, 0.29) is 11.5 Å². The third-order valence-corrected chi connectivity index (χ3v) is 2.91. The lowest BCUT2D eigenvalue weighted by atomic mass is 10.1. The van der Waals surface area contributed by atoms with Crippen LogP contribution in [-0.2, 0) is 4.79 Å². The van der Waals surface area contributed by atoms with Gasteiger partial charge < -0.3 is 4.74 Å². The van der Waals surface area contributed by atoms with E-state index in [1.54, 1.807) is 36.4 Å². The Labute approximate surface area is 132 Å². The van der Waals surface area contributed by atoms with Crippen molar-refractivity contribution in [2.45, 2.75) is 6.92 Å². The number of hydrogen-bond acceptors (Lipinski definition) is 5. The lowest BCUT2D eigenvalue weighted by molar-refractivity contribution is -0.384. The van der Waals surface area contributed by atoms with Gasteiger partial charge in [0.05, 0.1) is 4.92 Å². The predicted molar refractivity (Wildman–Crippen MR) is 84.2 cm³/mol. The molecule has 0 fully saturated rings. The number of allylic oxidation sites excluding steroid dienone is 1. The van der Waals surface area contributed by atoms with Gasteiger partial charge in [-0.25, -0.2) is 0 Å². The van der Waals surface area contributed by atoms with Gasteiger partial charge in [0.15, 0.2) is 5.78 Å². The van der Waals surface area contributed by atoms with Crippen molar-refractivity contribution in [2.24, 2.45) is 0 Å². The summed E-state index contributed by atoms with van der Waals surface area (Å²) in [5, 5.41) is 10.6. The molecule has 0 radical (unpaired) electrons. The zero-order valence-electron chi connectivity index (χ0n) is 12.3. The molecule has 0 aliphatic rings. The quantitative estimate of drug-likeness (QED) is 0.211. The molecular formula is C17H13NO5. The van der Waals surface area contributed by atoms with Crippen LogP contribution in [-0.4, -0.2) is 16.7 Å². The van der Waals surface area contributed by atoms with Crippen LogP contribution in [0.2, 0.25) is 0 Å². The SMILES string of the molecule is CC(=O)Oc1cccc(C(=O)/C=C/c2ccc([N+](=O)[O-])cc2)c1. The molecule has 2 rings (SSSR count). The highest BCUT2D eigenvalue weighted by Gasteiger charge is 2.06. The van der Waals surface area contributed by atoms with Gasteiger partial charge in [-0.1, -0.05) is 18.2 Å². The van der Waals surface area contributed by atoms with Crippen molar-refractivity contribution in [3.05, 3.63) is 75.8 Å². The van der Waals surface area contributed by atoms with Crippen LogP contribution in [0.1, 0.15) is 22.8 Å². The number of rotatable bonds is 5. The minimum atomic E-state index is -0.487. The zero-order valence-corrected chi connectivity index (χ0v) is 12.3. The first-order chi connectivity index (χ1) is 11.0. The molecule has 0 N–H and O–H groups in total. The van der Waals surface area contributed by atoms with Gasteiger partial charge in [-0.05, 0) is 35.9 Å². The minimum Gasteiger partial charge on any atom is -0.427 e. The normalized spacial score (nSPS) is 10.5. The number of nitrogens with zero attached hydrogens (tertiary/aromatic N) is 1. The molecule has 0 aromatic heterocycles. The van der Waals surface area contributed by atoms with Crippen molar-refractivity contribution in [2.75, 3.05) is 0 Å². The molecule has 0 bridgehead atoms. The van der Waals surface area contributed by atoms with Gasteiger partial charge in [-0.3, -0.25) is 19.7 Å². The van der Waals surface area contributed by atoms with E-state index < -0.39 is 10.9 Å². The maximum absolute atomic E-state index is 12.1. The van der Waals surface area contributed by atoms with E-state index >= 15 is 0 Å². The molecule has 2 aromatic rings. The van der Waals surface area contributed by atoms with Gasteiger partial charge in [-0.2, -0.15) is 0 Å². The molecule has 0 spiro atoms. The third-order valence-electron chi connectivity index (χ3n) is 2.91. The molecule has 0 saturated heterocycles. The van der Waals surface area contributed by atoms with E-state index in [9.17, 15) is 19.7 Å². The van der Waals surface area contributed by atoms with Crippen LogP contribution in [0.4, 0.5) is 5.69 Å². The van der Waals surface area contributed by atoms with Gasteiger partial charge in [0, 0.05) is 24.6 Å². The van der Waals surface area contributed by atoms with Crippen molar-refractivity contribution < 1.29 is 19.2 Å². The Morgan fingerprint density at radius 1 is 1.13 bits per heavy atom. The Morgan fingerprint density at radius 3 is 2.43 bits per heavy atom. The summed E-state index contributed by atoms with van der Waals surface area (Å²) in [5.74, 6) is -0.430. The van der Waals surface area contributed by atoms with Crippen LogP contribution in [0, 0.1) is 10.1 Å². The summed E-state index contributed by atoms with van der Waals surface area (Å²) in [6, 6.07) is 12.1. The highest BCUT2D eigenvalue weighted by Crippen LogP contribution is 2.16. The Bertz CT molecular complexity index is 778. The first-order valence-electron chi connectivity index (χ1n) is 6.71. The topological polar surface area (TPSA) is 86.5 Å². The summed E-state index contributed by atoms with van der Waals surface area (Å²) < 4.78 is 4.92. The molecule has 0 unspecified atom stereocenters. The Kier molecular flexibility index (Phi) is 4.99. The van der Waals surface area contributed by atoms with Gasteiger partial charge in [0.1, 0.15) is 5.75 Å².